The molecule has 0 N–H and O–H groups in total. The first-order valence-corrected chi connectivity index (χ1v) is 11.7. The van der Waals surface area contributed by atoms with Crippen LogP contribution in [0.1, 0.15) is 20.8 Å². The maximum Gasteiger partial charge on any atom is 0.298 e. The summed E-state index contributed by atoms with van der Waals surface area (Å²) < 4.78 is 17.7. The van der Waals surface area contributed by atoms with Crippen molar-refractivity contribution in [3.05, 3.63) is 106 Å². The summed E-state index contributed by atoms with van der Waals surface area (Å²) in [5.74, 6) is 2.54. The van der Waals surface area contributed by atoms with E-state index < -0.39 is 0 Å². The molecule has 34 heavy (non-hydrogen) atoms. The minimum atomic E-state index is -0.0670. The Bertz CT molecular complexity index is 1410. The first-order chi connectivity index (χ1) is 16.6. The highest BCUT2D eigenvalue weighted by Gasteiger charge is 2.26. The summed E-state index contributed by atoms with van der Waals surface area (Å²) in [6.07, 6.45) is 11.6. The van der Waals surface area contributed by atoms with Crippen molar-refractivity contribution in [1.29, 1.82) is 0 Å². The fourth-order valence-electron chi connectivity index (χ4n) is 4.19. The minimum absolute atomic E-state index is 0.0670. The zero-order valence-corrected chi connectivity index (χ0v) is 19.5. The molecule has 2 atom stereocenters. The number of rotatable bonds is 7. The van der Waals surface area contributed by atoms with E-state index in [1.807, 2.05) is 79.8 Å². The van der Waals surface area contributed by atoms with Crippen LogP contribution in [-0.2, 0) is 9.53 Å². The van der Waals surface area contributed by atoms with Gasteiger partial charge in [0.1, 0.15) is 22.1 Å². The second kappa shape index (κ2) is 9.15. The van der Waals surface area contributed by atoms with Crippen LogP contribution in [-0.4, -0.2) is 19.4 Å². The van der Waals surface area contributed by atoms with Gasteiger partial charge in [-0.2, -0.15) is 0 Å². The highest BCUT2D eigenvalue weighted by Crippen LogP contribution is 2.42. The van der Waals surface area contributed by atoms with Gasteiger partial charge in [0.05, 0.1) is 7.11 Å². The predicted octanol–water partition coefficient (Wildman–Crippen LogP) is 6.14. The van der Waals surface area contributed by atoms with Gasteiger partial charge in [0, 0.05) is 27.5 Å². The molecule has 3 aromatic rings. The van der Waals surface area contributed by atoms with Crippen molar-refractivity contribution in [1.82, 2.24) is 0 Å². The SMILES string of the molecule is COc1ccc2c(OC3=CC4C=CC(OC=O)=CC4C=C3)c(C(=O)c3ccccc3C)sc2c1. The van der Waals surface area contributed by atoms with E-state index >= 15 is 0 Å². The molecule has 0 saturated heterocycles. The topological polar surface area (TPSA) is 61.8 Å². The average Bonchev–Trinajstić information content (AvgIpc) is 3.21. The van der Waals surface area contributed by atoms with Crippen LogP contribution in [0.4, 0.5) is 0 Å². The smallest absolute Gasteiger partial charge is 0.298 e. The molecule has 1 heterocycles. The number of ether oxygens (including phenoxy) is 3. The fourth-order valence-corrected chi connectivity index (χ4v) is 5.31. The van der Waals surface area contributed by atoms with Gasteiger partial charge in [-0.05, 0) is 55.0 Å². The van der Waals surface area contributed by atoms with Crippen molar-refractivity contribution in [2.75, 3.05) is 7.11 Å². The third kappa shape index (κ3) is 4.08. The number of aryl methyl sites for hydroxylation is 1. The van der Waals surface area contributed by atoms with E-state index in [4.69, 9.17) is 14.2 Å². The Morgan fingerprint density at radius 1 is 1.00 bits per heavy atom. The van der Waals surface area contributed by atoms with Gasteiger partial charge < -0.3 is 14.2 Å². The van der Waals surface area contributed by atoms with Gasteiger partial charge in [0.15, 0.2) is 5.75 Å². The predicted molar refractivity (Wildman–Crippen MR) is 132 cm³/mol. The van der Waals surface area contributed by atoms with E-state index in [9.17, 15) is 9.59 Å². The number of hydrogen-bond acceptors (Lipinski definition) is 6. The van der Waals surface area contributed by atoms with Gasteiger partial charge >= 0.3 is 0 Å². The normalized spacial score (nSPS) is 18.6. The Balaban J connectivity index is 1.53. The maximum atomic E-state index is 13.6. The molecule has 5 nitrogen and oxygen atoms in total. The summed E-state index contributed by atoms with van der Waals surface area (Å²) in [6.45, 7) is 2.36. The Labute approximate surface area is 201 Å². The third-order valence-electron chi connectivity index (χ3n) is 5.97. The third-order valence-corrected chi connectivity index (χ3v) is 7.11. The number of thiophene rings is 1. The fraction of sp³-hybridized carbons (Fsp3) is 0.143. The summed E-state index contributed by atoms with van der Waals surface area (Å²) in [5.41, 5.74) is 1.57. The first-order valence-electron chi connectivity index (χ1n) is 10.9. The molecule has 2 aliphatic rings. The molecule has 2 aromatic carbocycles. The van der Waals surface area contributed by atoms with E-state index in [0.29, 0.717) is 34.2 Å². The molecule has 1 aromatic heterocycles. The molecule has 0 fully saturated rings. The zero-order chi connectivity index (χ0) is 23.7. The van der Waals surface area contributed by atoms with Crippen LogP contribution in [0.5, 0.6) is 11.5 Å². The molecule has 0 bridgehead atoms. The van der Waals surface area contributed by atoms with Crippen LogP contribution in [0.15, 0.2) is 90.4 Å². The number of benzene rings is 2. The molecule has 6 heteroatoms. The van der Waals surface area contributed by atoms with Gasteiger partial charge in [0.2, 0.25) is 5.78 Å². The van der Waals surface area contributed by atoms with E-state index in [1.54, 1.807) is 13.2 Å². The van der Waals surface area contributed by atoms with Crippen LogP contribution in [0, 0.1) is 18.8 Å². The molecule has 0 radical (unpaired) electrons. The lowest BCUT2D eigenvalue weighted by atomic mass is 9.84. The van der Waals surface area contributed by atoms with Crippen LogP contribution >= 0.6 is 11.3 Å². The Kier molecular flexibility index (Phi) is 5.90. The second-order valence-electron chi connectivity index (χ2n) is 8.09. The van der Waals surface area contributed by atoms with Crippen LogP contribution in [0.25, 0.3) is 10.1 Å². The standard InChI is InChI=1S/C28H22O5S/c1-17-5-3-4-6-23(17)26(30)28-27(24-12-11-20(31-2)15-25(24)34-28)33-22-10-8-18-13-21(32-16-29)9-7-19(18)14-22/h3-16,18-19H,1-2H3. The number of ketones is 1. The average molecular weight is 471 g/mol. The lowest BCUT2D eigenvalue weighted by Crippen LogP contribution is -2.15. The van der Waals surface area contributed by atoms with Crippen molar-refractivity contribution in [3.63, 3.8) is 0 Å². The van der Waals surface area contributed by atoms with Crippen LogP contribution in [0.2, 0.25) is 0 Å². The molecule has 170 valence electrons. The van der Waals surface area contributed by atoms with Crippen LogP contribution in [0.3, 0.4) is 0 Å². The molecule has 5 rings (SSSR count). The van der Waals surface area contributed by atoms with Crippen molar-refractivity contribution in [2.24, 2.45) is 11.8 Å². The lowest BCUT2D eigenvalue weighted by Gasteiger charge is -2.24. The van der Waals surface area contributed by atoms with Crippen molar-refractivity contribution < 1.29 is 23.8 Å². The number of fused-ring (bicyclic) bond motifs is 2. The van der Waals surface area contributed by atoms with Gasteiger partial charge in [0.25, 0.3) is 6.47 Å². The van der Waals surface area contributed by atoms with Crippen molar-refractivity contribution >= 4 is 33.7 Å². The van der Waals surface area contributed by atoms with Gasteiger partial charge in [-0.1, -0.05) is 36.4 Å². The van der Waals surface area contributed by atoms with Gasteiger partial charge in [-0.25, -0.2) is 0 Å². The molecule has 0 aliphatic heterocycles. The van der Waals surface area contributed by atoms with Gasteiger partial charge in [-0.3, -0.25) is 9.59 Å². The Hall–Kier alpha value is -3.90. The lowest BCUT2D eigenvalue weighted by molar-refractivity contribution is -0.124. The number of hydrogen-bond donors (Lipinski definition) is 0. The molecule has 0 spiro atoms. The van der Waals surface area contributed by atoms with Crippen molar-refractivity contribution in [2.45, 2.75) is 6.92 Å². The Morgan fingerprint density at radius 2 is 1.74 bits per heavy atom. The molecule has 0 amide bonds. The quantitative estimate of drug-likeness (QED) is 0.307. The van der Waals surface area contributed by atoms with Gasteiger partial charge in [-0.15, -0.1) is 11.3 Å². The van der Waals surface area contributed by atoms with E-state index in [-0.39, 0.29) is 17.6 Å². The summed E-state index contributed by atoms with van der Waals surface area (Å²) >= 11 is 1.40. The molecular weight excluding hydrogens is 448 g/mol. The molecular formula is C28H22O5S. The summed E-state index contributed by atoms with van der Waals surface area (Å²) in [4.78, 5) is 24.8. The molecule has 2 aliphatic carbocycles. The summed E-state index contributed by atoms with van der Waals surface area (Å²) in [6, 6.07) is 13.3. The molecule has 0 saturated carbocycles. The number of allylic oxidation sites excluding steroid dienone is 6. The zero-order valence-electron chi connectivity index (χ0n) is 18.7. The highest BCUT2D eigenvalue weighted by atomic mass is 32.1. The van der Waals surface area contributed by atoms with E-state index in [2.05, 4.69) is 0 Å². The largest absolute Gasteiger partial charge is 0.497 e. The number of carbonyl (C=O) groups excluding carboxylic acids is 2. The second-order valence-corrected chi connectivity index (χ2v) is 9.15. The molecule has 2 unspecified atom stereocenters. The Morgan fingerprint density at radius 3 is 2.47 bits per heavy atom. The number of carbonyl (C=O) groups is 2. The monoisotopic (exact) mass is 470 g/mol. The number of methoxy groups -OCH3 is 1. The minimum Gasteiger partial charge on any atom is -0.497 e. The van der Waals surface area contributed by atoms with Crippen LogP contribution < -0.4 is 9.47 Å². The highest BCUT2D eigenvalue weighted by molar-refractivity contribution is 7.21. The van der Waals surface area contributed by atoms with E-state index in [0.717, 1.165) is 21.4 Å². The van der Waals surface area contributed by atoms with E-state index in [1.165, 1.54) is 11.3 Å². The maximum absolute atomic E-state index is 13.6. The summed E-state index contributed by atoms with van der Waals surface area (Å²) in [5, 5.41) is 0.861. The first kappa shape index (κ1) is 21.9. The summed E-state index contributed by atoms with van der Waals surface area (Å²) in [7, 11) is 1.62. The van der Waals surface area contributed by atoms with Crippen molar-refractivity contribution in [3.8, 4) is 11.5 Å².